The fourth-order valence-corrected chi connectivity index (χ4v) is 3.58. The summed E-state index contributed by atoms with van der Waals surface area (Å²) in [5, 5.41) is 12.8. The Morgan fingerprint density at radius 2 is 2.00 bits per heavy atom. The number of nitrogens with one attached hydrogen (secondary N) is 1. The molecule has 132 valence electrons. The molecule has 2 aliphatic heterocycles. The van der Waals surface area contributed by atoms with E-state index in [1.54, 1.807) is 18.2 Å². The number of imide groups is 1. The molecule has 8 nitrogen and oxygen atoms in total. The highest BCUT2D eigenvalue weighted by Crippen LogP contribution is 2.37. The van der Waals surface area contributed by atoms with Crippen LogP contribution in [0.5, 0.6) is 5.75 Å². The summed E-state index contributed by atoms with van der Waals surface area (Å²) in [6.45, 7) is 0. The van der Waals surface area contributed by atoms with Crippen molar-refractivity contribution in [2.24, 2.45) is 5.73 Å². The Morgan fingerprint density at radius 1 is 1.24 bits per heavy atom. The van der Waals surface area contributed by atoms with E-state index in [4.69, 9.17) is 10.5 Å². The van der Waals surface area contributed by atoms with Gasteiger partial charge in [0.15, 0.2) is 6.23 Å². The van der Waals surface area contributed by atoms with E-state index in [0.717, 1.165) is 17.7 Å². The van der Waals surface area contributed by atoms with Gasteiger partial charge in [0.25, 0.3) is 5.91 Å². The minimum absolute atomic E-state index is 0.0496. The second-order valence-corrected chi connectivity index (χ2v) is 6.77. The molecule has 4 rings (SSSR count). The van der Waals surface area contributed by atoms with Crippen LogP contribution in [0.25, 0.3) is 0 Å². The first-order chi connectivity index (χ1) is 11.9. The monoisotopic (exact) mass is 345 g/mol. The standard InChI is InChI=1S/C17H19N3O5/c18-8-5-10(6-8)25-9-1-2-11-12(7-9)17(24)20(16(11)23)13-3-4-14(21)19-15(13)22/h1-2,7-8,10,13,17,24H,3-6,18H2,(H,19,21,22). The highest BCUT2D eigenvalue weighted by atomic mass is 16.5. The zero-order chi connectivity index (χ0) is 17.7. The predicted octanol–water partition coefficient (Wildman–Crippen LogP) is -0.193. The lowest BCUT2D eigenvalue weighted by molar-refractivity contribution is -0.139. The van der Waals surface area contributed by atoms with Crippen molar-refractivity contribution >= 4 is 17.7 Å². The van der Waals surface area contributed by atoms with Gasteiger partial charge in [-0.05, 0) is 37.5 Å². The Hall–Kier alpha value is -2.45. The van der Waals surface area contributed by atoms with Crippen LogP contribution in [0.1, 0.15) is 47.8 Å². The highest BCUT2D eigenvalue weighted by molar-refractivity contribution is 6.05. The van der Waals surface area contributed by atoms with Gasteiger partial charge >= 0.3 is 0 Å². The summed E-state index contributed by atoms with van der Waals surface area (Å²) in [5.41, 5.74) is 6.50. The molecule has 25 heavy (non-hydrogen) atoms. The number of aliphatic hydroxyl groups excluding tert-OH is 1. The van der Waals surface area contributed by atoms with E-state index >= 15 is 0 Å². The third-order valence-corrected chi connectivity index (χ3v) is 5.01. The Morgan fingerprint density at radius 3 is 2.68 bits per heavy atom. The number of hydrogen-bond donors (Lipinski definition) is 3. The molecule has 4 N–H and O–H groups in total. The van der Waals surface area contributed by atoms with Crippen molar-refractivity contribution in [3.63, 3.8) is 0 Å². The van der Waals surface area contributed by atoms with Crippen LogP contribution in [-0.2, 0) is 9.59 Å². The van der Waals surface area contributed by atoms with Gasteiger partial charge in [0.2, 0.25) is 11.8 Å². The van der Waals surface area contributed by atoms with Gasteiger partial charge < -0.3 is 15.6 Å². The first-order valence-electron chi connectivity index (χ1n) is 8.34. The number of fused-ring (bicyclic) bond motifs is 1. The van der Waals surface area contributed by atoms with E-state index in [1.165, 1.54) is 0 Å². The predicted molar refractivity (Wildman–Crippen MR) is 85.4 cm³/mol. The molecule has 3 aliphatic rings. The molecule has 1 saturated carbocycles. The summed E-state index contributed by atoms with van der Waals surface area (Å²) < 4.78 is 5.80. The average Bonchev–Trinajstić information content (AvgIpc) is 2.78. The molecule has 2 unspecified atom stereocenters. The summed E-state index contributed by atoms with van der Waals surface area (Å²) in [5.74, 6) is -0.785. The van der Waals surface area contributed by atoms with Crippen LogP contribution in [0.3, 0.4) is 0 Å². The maximum atomic E-state index is 12.6. The van der Waals surface area contributed by atoms with Crippen molar-refractivity contribution in [3.8, 4) is 5.75 Å². The molecule has 1 aromatic rings. The maximum Gasteiger partial charge on any atom is 0.257 e. The number of aliphatic hydroxyl groups is 1. The number of carbonyl (C=O) groups is 3. The normalized spacial score (nSPS) is 31.4. The number of piperidine rings is 1. The summed E-state index contributed by atoms with van der Waals surface area (Å²) in [7, 11) is 0. The lowest BCUT2D eigenvalue weighted by Crippen LogP contribution is -2.53. The number of amides is 3. The number of carbonyl (C=O) groups excluding carboxylic acids is 3. The number of ether oxygens (including phenoxy) is 1. The van der Waals surface area contributed by atoms with Crippen LogP contribution < -0.4 is 15.8 Å². The molecule has 0 spiro atoms. The molecular weight excluding hydrogens is 326 g/mol. The molecule has 3 amide bonds. The highest BCUT2D eigenvalue weighted by Gasteiger charge is 2.44. The van der Waals surface area contributed by atoms with Gasteiger partial charge in [-0.3, -0.25) is 24.6 Å². The van der Waals surface area contributed by atoms with E-state index in [2.05, 4.69) is 5.32 Å². The molecule has 1 aliphatic carbocycles. The van der Waals surface area contributed by atoms with Gasteiger partial charge in [-0.15, -0.1) is 0 Å². The van der Waals surface area contributed by atoms with E-state index in [0.29, 0.717) is 16.9 Å². The molecule has 0 aromatic heterocycles. The number of benzene rings is 1. The Labute approximate surface area is 143 Å². The van der Waals surface area contributed by atoms with Crippen molar-refractivity contribution in [1.82, 2.24) is 10.2 Å². The van der Waals surface area contributed by atoms with Crippen LogP contribution >= 0.6 is 0 Å². The molecule has 1 aromatic carbocycles. The van der Waals surface area contributed by atoms with Gasteiger partial charge in [-0.2, -0.15) is 0 Å². The van der Waals surface area contributed by atoms with Crippen molar-refractivity contribution < 1.29 is 24.2 Å². The first-order valence-corrected chi connectivity index (χ1v) is 8.34. The second-order valence-electron chi connectivity index (χ2n) is 6.77. The quantitative estimate of drug-likeness (QED) is 0.653. The zero-order valence-electron chi connectivity index (χ0n) is 13.5. The molecule has 1 saturated heterocycles. The van der Waals surface area contributed by atoms with Gasteiger partial charge in [0.05, 0.1) is 0 Å². The molecular formula is C17H19N3O5. The molecule has 0 radical (unpaired) electrons. The third-order valence-electron chi connectivity index (χ3n) is 5.01. The minimum atomic E-state index is -1.24. The Balaban J connectivity index is 1.55. The van der Waals surface area contributed by atoms with Crippen LogP contribution in [0.4, 0.5) is 0 Å². The fraction of sp³-hybridized carbons (Fsp3) is 0.471. The van der Waals surface area contributed by atoms with Gasteiger partial charge in [0, 0.05) is 23.6 Å². The SMILES string of the molecule is NC1CC(Oc2ccc3c(c2)C(O)N(C2CCC(=O)NC2=O)C3=O)C1. The summed E-state index contributed by atoms with van der Waals surface area (Å²) >= 11 is 0. The summed E-state index contributed by atoms with van der Waals surface area (Å²) in [6, 6.07) is 4.21. The molecule has 2 heterocycles. The minimum Gasteiger partial charge on any atom is -0.490 e. The molecule has 2 atom stereocenters. The summed E-state index contributed by atoms with van der Waals surface area (Å²) in [6.07, 6.45) is 0.707. The number of rotatable bonds is 3. The smallest absolute Gasteiger partial charge is 0.257 e. The average molecular weight is 345 g/mol. The van der Waals surface area contributed by atoms with Crippen molar-refractivity contribution in [2.45, 2.75) is 50.1 Å². The largest absolute Gasteiger partial charge is 0.490 e. The van der Waals surface area contributed by atoms with Gasteiger partial charge in [0.1, 0.15) is 17.9 Å². The van der Waals surface area contributed by atoms with Crippen molar-refractivity contribution in [2.75, 3.05) is 0 Å². The number of nitrogens with two attached hydrogens (primary N) is 1. The Kier molecular flexibility index (Phi) is 3.73. The van der Waals surface area contributed by atoms with E-state index in [9.17, 15) is 19.5 Å². The third kappa shape index (κ3) is 2.67. The van der Waals surface area contributed by atoms with Crippen molar-refractivity contribution in [1.29, 1.82) is 0 Å². The fourth-order valence-electron chi connectivity index (χ4n) is 3.58. The lowest BCUT2D eigenvalue weighted by atomic mass is 9.90. The Bertz CT molecular complexity index is 759. The van der Waals surface area contributed by atoms with Gasteiger partial charge in [-0.1, -0.05) is 0 Å². The van der Waals surface area contributed by atoms with Crippen LogP contribution in [-0.4, -0.2) is 45.9 Å². The zero-order valence-corrected chi connectivity index (χ0v) is 13.5. The second kappa shape index (κ2) is 5.82. The van der Waals surface area contributed by atoms with E-state index in [1.807, 2.05) is 0 Å². The lowest BCUT2D eigenvalue weighted by Gasteiger charge is -2.33. The molecule has 2 fully saturated rings. The summed E-state index contributed by atoms with van der Waals surface area (Å²) in [4.78, 5) is 37.1. The van der Waals surface area contributed by atoms with Crippen LogP contribution in [0.15, 0.2) is 18.2 Å². The molecule has 8 heteroatoms. The van der Waals surface area contributed by atoms with Crippen LogP contribution in [0.2, 0.25) is 0 Å². The van der Waals surface area contributed by atoms with E-state index < -0.39 is 24.1 Å². The van der Waals surface area contributed by atoms with E-state index in [-0.39, 0.29) is 30.9 Å². The van der Waals surface area contributed by atoms with Crippen LogP contribution in [0, 0.1) is 0 Å². The topological polar surface area (TPSA) is 122 Å². The first kappa shape index (κ1) is 16.0. The maximum absolute atomic E-state index is 12.6. The number of hydrogen-bond acceptors (Lipinski definition) is 6. The van der Waals surface area contributed by atoms with Gasteiger partial charge in [-0.25, -0.2) is 0 Å². The number of nitrogens with zero attached hydrogens (tertiary/aromatic N) is 1. The molecule has 0 bridgehead atoms. The van der Waals surface area contributed by atoms with Crippen molar-refractivity contribution in [3.05, 3.63) is 29.3 Å².